The topological polar surface area (TPSA) is 95.0 Å². The minimum Gasteiger partial charge on any atom is -0.382 e. The van der Waals surface area contributed by atoms with E-state index in [1.54, 1.807) is 17.5 Å². The van der Waals surface area contributed by atoms with Crippen LogP contribution in [0.1, 0.15) is 32.3 Å². The van der Waals surface area contributed by atoms with Gasteiger partial charge in [0.1, 0.15) is 6.07 Å². The molecule has 33 heavy (non-hydrogen) atoms. The summed E-state index contributed by atoms with van der Waals surface area (Å²) < 4.78 is 1.81. The Morgan fingerprint density at radius 1 is 1.12 bits per heavy atom. The van der Waals surface area contributed by atoms with Crippen LogP contribution in [0.25, 0.3) is 27.5 Å². The number of anilines is 2. The first-order valence-electron chi connectivity index (χ1n) is 11.3. The Hall–Kier alpha value is -3.51. The second-order valence-electron chi connectivity index (χ2n) is 9.32. The molecule has 1 aliphatic carbocycles. The number of nitriles is 1. The van der Waals surface area contributed by atoms with Gasteiger partial charge in [-0.05, 0) is 62.8 Å². The second kappa shape index (κ2) is 7.81. The summed E-state index contributed by atoms with van der Waals surface area (Å²) in [5.74, 6) is 1.65. The maximum absolute atomic E-state index is 9.15. The van der Waals surface area contributed by atoms with E-state index in [0.29, 0.717) is 5.56 Å². The Morgan fingerprint density at radius 3 is 2.70 bits per heavy atom. The van der Waals surface area contributed by atoms with E-state index in [2.05, 4.69) is 45.4 Å². The quantitative estimate of drug-likeness (QED) is 0.474. The molecule has 166 valence electrons. The lowest BCUT2D eigenvalue weighted by Crippen LogP contribution is -2.48. The van der Waals surface area contributed by atoms with Gasteiger partial charge in [0, 0.05) is 31.0 Å². The first kappa shape index (κ1) is 20.1. The summed E-state index contributed by atoms with van der Waals surface area (Å²) in [6, 6.07) is 10.2. The third-order valence-corrected chi connectivity index (χ3v) is 7.46. The summed E-state index contributed by atoms with van der Waals surface area (Å²) >= 11 is 1.64. The number of nitrogens with one attached hydrogen (secondary N) is 1. The van der Waals surface area contributed by atoms with Crippen molar-refractivity contribution in [1.29, 1.82) is 5.26 Å². The minimum atomic E-state index is 0.251. The maximum atomic E-state index is 9.15. The third kappa shape index (κ3) is 3.60. The summed E-state index contributed by atoms with van der Waals surface area (Å²) in [6.07, 6.45) is 6.20. The van der Waals surface area contributed by atoms with Crippen LogP contribution in [-0.2, 0) is 0 Å². The van der Waals surface area contributed by atoms with Gasteiger partial charge in [-0.2, -0.15) is 10.4 Å². The number of fused-ring (bicyclic) bond motifs is 3. The van der Waals surface area contributed by atoms with Gasteiger partial charge in [0.05, 0.1) is 34.2 Å². The van der Waals surface area contributed by atoms with Crippen LogP contribution in [-0.4, -0.2) is 43.9 Å². The van der Waals surface area contributed by atoms with Gasteiger partial charge in [0.15, 0.2) is 5.01 Å². The van der Waals surface area contributed by atoms with Crippen LogP contribution in [0.4, 0.5) is 10.8 Å². The molecule has 0 aromatic carbocycles. The number of hydrogen-bond donors (Lipinski definition) is 1. The highest BCUT2D eigenvalue weighted by Crippen LogP contribution is 2.43. The van der Waals surface area contributed by atoms with Crippen LogP contribution in [0.2, 0.25) is 0 Å². The van der Waals surface area contributed by atoms with E-state index in [1.165, 1.54) is 12.8 Å². The maximum Gasteiger partial charge on any atom is 0.208 e. The van der Waals surface area contributed by atoms with Gasteiger partial charge in [0.2, 0.25) is 5.13 Å². The molecule has 3 fully saturated rings. The molecular weight excluding hydrogens is 432 g/mol. The zero-order chi connectivity index (χ0) is 22.5. The van der Waals surface area contributed by atoms with Crippen LogP contribution in [0, 0.1) is 23.2 Å². The molecule has 7 rings (SSSR count). The lowest BCUT2D eigenvalue weighted by atomic mass is 9.71. The predicted molar refractivity (Wildman–Crippen MR) is 129 cm³/mol. The average molecular weight is 457 g/mol. The highest BCUT2D eigenvalue weighted by atomic mass is 32.1. The zero-order valence-corrected chi connectivity index (χ0v) is 19.4. The Labute approximate surface area is 195 Å². The molecule has 0 unspecified atom stereocenters. The van der Waals surface area contributed by atoms with Crippen molar-refractivity contribution in [2.24, 2.45) is 11.8 Å². The van der Waals surface area contributed by atoms with Gasteiger partial charge in [0.25, 0.3) is 0 Å². The number of rotatable bonds is 5. The van der Waals surface area contributed by atoms with Gasteiger partial charge >= 0.3 is 0 Å². The van der Waals surface area contributed by atoms with Crippen molar-refractivity contribution in [2.45, 2.75) is 32.7 Å². The first-order valence-corrected chi connectivity index (χ1v) is 12.1. The van der Waals surface area contributed by atoms with Gasteiger partial charge < -0.3 is 10.2 Å². The van der Waals surface area contributed by atoms with Crippen molar-refractivity contribution in [3.8, 4) is 28.0 Å². The second-order valence-corrected chi connectivity index (χ2v) is 10.3. The fraction of sp³-hybridized carbons (Fsp3) is 0.375. The van der Waals surface area contributed by atoms with Gasteiger partial charge in [-0.25, -0.2) is 4.52 Å². The summed E-state index contributed by atoms with van der Waals surface area (Å²) in [5.41, 5.74) is 5.01. The van der Waals surface area contributed by atoms with Crippen LogP contribution in [0.3, 0.4) is 0 Å². The van der Waals surface area contributed by atoms with E-state index in [1.807, 2.05) is 35.0 Å². The summed E-state index contributed by atoms with van der Waals surface area (Å²) in [7, 11) is 0. The number of pyridine rings is 1. The largest absolute Gasteiger partial charge is 0.382 e. The summed E-state index contributed by atoms with van der Waals surface area (Å²) in [4.78, 5) is 7.16. The fourth-order valence-electron chi connectivity index (χ4n) is 4.93. The van der Waals surface area contributed by atoms with Crippen LogP contribution < -0.4 is 10.2 Å². The van der Waals surface area contributed by atoms with Crippen molar-refractivity contribution in [1.82, 2.24) is 24.8 Å². The molecule has 0 spiro atoms. The van der Waals surface area contributed by atoms with Crippen LogP contribution in [0.5, 0.6) is 0 Å². The Morgan fingerprint density at radius 2 is 1.94 bits per heavy atom. The lowest BCUT2D eigenvalue weighted by molar-refractivity contribution is 0.159. The smallest absolute Gasteiger partial charge is 0.208 e. The van der Waals surface area contributed by atoms with E-state index >= 15 is 0 Å². The molecule has 3 aliphatic rings. The van der Waals surface area contributed by atoms with Crippen LogP contribution >= 0.6 is 11.3 Å². The van der Waals surface area contributed by atoms with Gasteiger partial charge in [-0.15, -0.1) is 10.2 Å². The average Bonchev–Trinajstić information content (AvgIpc) is 3.45. The molecule has 9 heteroatoms. The Kier molecular flexibility index (Phi) is 4.76. The van der Waals surface area contributed by atoms with Crippen LogP contribution in [0.15, 0.2) is 36.7 Å². The highest BCUT2D eigenvalue weighted by molar-refractivity contribution is 7.18. The standard InChI is InChI=1S/C24H24N8S/c1-14(2)28-20-8-21(22-4-3-18-7-17(9-25)10-27-32(18)22)26-11-19(20)23-29-30-24(33-23)31-12-15-5-16(6-15)13-31/h3-4,7-8,10-11,14-16H,5-6,12-13H2,1-2H3,(H,26,28). The molecule has 0 radical (unpaired) electrons. The first-order chi connectivity index (χ1) is 16.1. The normalized spacial score (nSPS) is 19.5. The molecular formula is C24H24N8S. The molecule has 1 N–H and O–H groups in total. The fourth-order valence-corrected chi connectivity index (χ4v) is 5.82. The van der Waals surface area contributed by atoms with Crippen molar-refractivity contribution >= 4 is 27.7 Å². The Bertz CT molecular complexity index is 1360. The monoisotopic (exact) mass is 456 g/mol. The van der Waals surface area contributed by atoms with Crippen molar-refractivity contribution in [3.63, 3.8) is 0 Å². The molecule has 6 heterocycles. The molecule has 0 atom stereocenters. The van der Waals surface area contributed by atoms with Gasteiger partial charge in [-0.3, -0.25) is 4.98 Å². The number of nitrogens with zero attached hydrogens (tertiary/aromatic N) is 7. The number of hydrogen-bond acceptors (Lipinski definition) is 8. The molecule has 2 saturated heterocycles. The number of piperidine rings is 2. The highest BCUT2D eigenvalue weighted by Gasteiger charge is 2.38. The van der Waals surface area contributed by atoms with Crippen molar-refractivity contribution in [2.75, 3.05) is 23.3 Å². The lowest BCUT2D eigenvalue weighted by Gasteiger charge is -2.46. The van der Waals surface area contributed by atoms with Crippen molar-refractivity contribution in [3.05, 3.63) is 42.2 Å². The third-order valence-electron chi connectivity index (χ3n) is 6.45. The molecule has 2 aliphatic heterocycles. The Balaban J connectivity index is 1.36. The molecule has 2 bridgehead atoms. The molecule has 0 amide bonds. The summed E-state index contributed by atoms with van der Waals surface area (Å²) in [6.45, 7) is 6.43. The molecule has 4 aromatic heterocycles. The van der Waals surface area contributed by atoms with E-state index in [9.17, 15) is 0 Å². The predicted octanol–water partition coefficient (Wildman–Crippen LogP) is 4.45. The number of aromatic nitrogens is 5. The SMILES string of the molecule is CC(C)Nc1cc(-c2ccc3cc(C#N)cnn23)ncc1-c1nnc(N2CC3CC(C3)C2)s1. The van der Waals surface area contributed by atoms with E-state index in [4.69, 9.17) is 10.2 Å². The van der Waals surface area contributed by atoms with Gasteiger partial charge in [-0.1, -0.05) is 11.3 Å². The van der Waals surface area contributed by atoms with E-state index in [-0.39, 0.29) is 6.04 Å². The minimum absolute atomic E-state index is 0.251. The van der Waals surface area contributed by atoms with E-state index < -0.39 is 0 Å². The van der Waals surface area contributed by atoms with Crippen molar-refractivity contribution < 1.29 is 0 Å². The summed E-state index contributed by atoms with van der Waals surface area (Å²) in [5, 5.41) is 28.1. The molecule has 1 saturated carbocycles. The molecule has 8 nitrogen and oxygen atoms in total. The molecule has 4 aromatic rings. The van der Waals surface area contributed by atoms with E-state index in [0.717, 1.165) is 63.2 Å². The zero-order valence-electron chi connectivity index (χ0n) is 18.6.